The van der Waals surface area contributed by atoms with Crippen molar-refractivity contribution in [1.29, 1.82) is 10.5 Å². The Morgan fingerprint density at radius 3 is 2.38 bits per heavy atom. The summed E-state index contributed by atoms with van der Waals surface area (Å²) in [4.78, 5) is 41.9. The van der Waals surface area contributed by atoms with Crippen LogP contribution in [0.4, 0.5) is 5.82 Å². The highest BCUT2D eigenvalue weighted by Crippen LogP contribution is 2.40. The maximum atomic E-state index is 13.2. The van der Waals surface area contributed by atoms with Gasteiger partial charge in [0.1, 0.15) is 52.0 Å². The number of nitrogens with zero attached hydrogens (tertiary/aromatic N) is 7. The number of halogens is 1. The molecule has 1 fully saturated rings. The van der Waals surface area contributed by atoms with Gasteiger partial charge in [0.05, 0.1) is 23.8 Å². The molecule has 2 atom stereocenters. The summed E-state index contributed by atoms with van der Waals surface area (Å²) in [7, 11) is 0. The zero-order valence-electron chi connectivity index (χ0n) is 30.2. The van der Waals surface area contributed by atoms with E-state index in [1.807, 2.05) is 29.6 Å². The van der Waals surface area contributed by atoms with E-state index in [-0.39, 0.29) is 31.1 Å². The number of nitriles is 2. The van der Waals surface area contributed by atoms with Gasteiger partial charge in [0.25, 0.3) is 0 Å². The third kappa shape index (κ3) is 10.4. The van der Waals surface area contributed by atoms with E-state index in [2.05, 4.69) is 22.0 Å². The number of benzene rings is 2. The number of nitrogens with two attached hydrogens (primary N) is 3. The minimum Gasteiger partial charge on any atom is -0.492 e. The van der Waals surface area contributed by atoms with Gasteiger partial charge in [0.15, 0.2) is 5.96 Å². The number of pyridine rings is 1. The van der Waals surface area contributed by atoms with E-state index < -0.39 is 24.0 Å². The van der Waals surface area contributed by atoms with Gasteiger partial charge in [-0.1, -0.05) is 47.6 Å². The largest absolute Gasteiger partial charge is 0.492 e. The molecule has 0 saturated carbocycles. The molecule has 286 valence electrons. The van der Waals surface area contributed by atoms with Crippen molar-refractivity contribution in [3.8, 4) is 39.6 Å². The zero-order valence-corrected chi connectivity index (χ0v) is 32.5. The molecule has 1 saturated heterocycles. The lowest BCUT2D eigenvalue weighted by atomic mass is 9.96. The average molecular weight is 801 g/mol. The Morgan fingerprint density at radius 1 is 1.07 bits per heavy atom. The molecule has 4 aromatic rings. The number of hydrogen-bond donors (Lipinski definition) is 4. The highest BCUT2D eigenvalue weighted by molar-refractivity contribution is 7.98. The molecular formula is C38H41ClN10O4S2. The van der Waals surface area contributed by atoms with E-state index in [1.54, 1.807) is 24.3 Å². The highest BCUT2D eigenvalue weighted by Gasteiger charge is 2.30. The monoisotopic (exact) mass is 800 g/mol. The molecule has 7 N–H and O–H groups in total. The summed E-state index contributed by atoms with van der Waals surface area (Å²) in [5.74, 6) is -0.309. The molecule has 5 rings (SSSR count). The lowest BCUT2D eigenvalue weighted by Crippen LogP contribution is -2.51. The number of carbonyl (C=O) groups excluding carboxylic acids is 1. The van der Waals surface area contributed by atoms with Gasteiger partial charge in [0.2, 0.25) is 5.91 Å². The fraction of sp³-hybridized carbons (Fsp3) is 0.342. The van der Waals surface area contributed by atoms with Gasteiger partial charge in [0, 0.05) is 46.9 Å². The smallest absolute Gasteiger partial charge is 0.326 e. The summed E-state index contributed by atoms with van der Waals surface area (Å²) < 4.78 is 5.94. The molecule has 0 unspecified atom stereocenters. The van der Waals surface area contributed by atoms with Crippen molar-refractivity contribution in [3.05, 3.63) is 75.8 Å². The number of aliphatic imine (C=N–C) groups is 1. The quantitative estimate of drug-likeness (QED) is 0.0465. The summed E-state index contributed by atoms with van der Waals surface area (Å²) in [6.07, 6.45) is 2.66. The van der Waals surface area contributed by atoms with Crippen LogP contribution in [-0.2, 0) is 15.3 Å². The average Bonchev–Trinajstić information content (AvgIpc) is 3.90. The molecule has 17 heteroatoms. The number of rotatable bonds is 17. The maximum Gasteiger partial charge on any atom is 0.326 e. The Hall–Kier alpha value is -5.39. The molecule has 1 aliphatic heterocycles. The molecule has 0 bridgehead atoms. The SMILES string of the molecule is C[C@@H](C(=O)O)N(CCOc1ccc(-c2c(C#N)c(SCc3csc(-c4ccc(Cl)cc4)n3)nc(N3CCCC3)c2C#N)cc1)C(=O)[C@@H](N)CCCN=C(N)N. The standard InChI is InChI=1S/C38H41ClN10O4S2/c1-23(37(51)52)49(36(50)31(42)5-4-14-45-38(43)44)17-18-53-28-12-8-24(9-13-28)32-29(19-40)33(48-15-2-3-16-48)47-35(30(32)20-41)55-22-27-21-54-34(46-27)25-6-10-26(39)11-7-25/h6-13,21,23,31H,2-5,14-18,22,42H2,1H3,(H,51,52)(H4,43,44,45)/t23-,31-/m0/s1. The molecular weight excluding hydrogens is 760 g/mol. The third-order valence-corrected chi connectivity index (χ3v) is 11.1. The number of thiazole rings is 1. The third-order valence-electron chi connectivity index (χ3n) is 8.91. The van der Waals surface area contributed by atoms with Crippen LogP contribution in [0.5, 0.6) is 5.75 Å². The van der Waals surface area contributed by atoms with Crippen LogP contribution in [0.15, 0.2) is 63.9 Å². The molecule has 3 heterocycles. The van der Waals surface area contributed by atoms with Crippen LogP contribution in [-0.4, -0.2) is 82.7 Å². The first-order chi connectivity index (χ1) is 26.5. The number of guanidine groups is 1. The number of hydrogen-bond acceptors (Lipinski definition) is 12. The van der Waals surface area contributed by atoms with Crippen LogP contribution in [0.3, 0.4) is 0 Å². The number of carboxylic acid groups (broad SMARTS) is 1. The van der Waals surface area contributed by atoms with Crippen molar-refractivity contribution in [2.24, 2.45) is 22.2 Å². The lowest BCUT2D eigenvalue weighted by molar-refractivity contribution is -0.150. The Labute approximate surface area is 332 Å². The van der Waals surface area contributed by atoms with Crippen molar-refractivity contribution in [3.63, 3.8) is 0 Å². The second-order valence-electron chi connectivity index (χ2n) is 12.7. The molecule has 0 radical (unpaired) electrons. The van der Waals surface area contributed by atoms with Crippen molar-refractivity contribution >= 4 is 58.4 Å². The number of amides is 1. The molecule has 1 amide bonds. The lowest BCUT2D eigenvalue weighted by Gasteiger charge is -2.29. The molecule has 55 heavy (non-hydrogen) atoms. The molecule has 0 aliphatic carbocycles. The number of anilines is 1. The number of aromatic nitrogens is 2. The van der Waals surface area contributed by atoms with E-state index >= 15 is 0 Å². The van der Waals surface area contributed by atoms with E-state index in [9.17, 15) is 25.2 Å². The van der Waals surface area contributed by atoms with Gasteiger partial charge in [-0.2, -0.15) is 10.5 Å². The van der Waals surface area contributed by atoms with E-state index in [1.165, 1.54) is 34.9 Å². The van der Waals surface area contributed by atoms with E-state index in [0.29, 0.717) is 57.0 Å². The number of thioether (sulfide) groups is 1. The second kappa shape index (κ2) is 19.3. The van der Waals surface area contributed by atoms with Crippen LogP contribution in [0.25, 0.3) is 21.7 Å². The van der Waals surface area contributed by atoms with Crippen LogP contribution in [0.2, 0.25) is 5.02 Å². The summed E-state index contributed by atoms with van der Waals surface area (Å²) in [5, 5.41) is 34.6. The number of carbonyl (C=O) groups is 2. The normalized spacial score (nSPS) is 13.4. The summed E-state index contributed by atoms with van der Waals surface area (Å²) in [6, 6.07) is 17.0. The van der Waals surface area contributed by atoms with Gasteiger partial charge in [-0.05, 0) is 62.4 Å². The van der Waals surface area contributed by atoms with E-state index in [0.717, 1.165) is 42.2 Å². The first kappa shape index (κ1) is 40.8. The highest BCUT2D eigenvalue weighted by atomic mass is 35.5. The Bertz CT molecular complexity index is 2090. The summed E-state index contributed by atoms with van der Waals surface area (Å²) >= 11 is 8.98. The van der Waals surface area contributed by atoms with Crippen molar-refractivity contribution < 1.29 is 19.4 Å². The molecule has 1 aliphatic rings. The zero-order chi connectivity index (χ0) is 39.5. The topological polar surface area (TPSA) is 234 Å². The predicted octanol–water partition coefficient (Wildman–Crippen LogP) is 5.22. The Morgan fingerprint density at radius 2 is 1.75 bits per heavy atom. The molecule has 0 spiro atoms. The van der Waals surface area contributed by atoms with Gasteiger partial charge in [-0.25, -0.2) is 14.8 Å². The second-order valence-corrected chi connectivity index (χ2v) is 15.0. The van der Waals surface area contributed by atoms with Crippen LogP contribution >= 0.6 is 34.7 Å². The molecule has 2 aromatic heterocycles. The van der Waals surface area contributed by atoms with Crippen LogP contribution < -0.4 is 26.8 Å². The number of aliphatic carboxylic acids is 1. The summed E-state index contributed by atoms with van der Waals surface area (Å²) in [5.41, 5.74) is 20.3. The van der Waals surface area contributed by atoms with Crippen molar-refractivity contribution in [1.82, 2.24) is 14.9 Å². The minimum absolute atomic E-state index is 0.0121. The summed E-state index contributed by atoms with van der Waals surface area (Å²) in [6.45, 7) is 3.17. The Kier molecular flexibility index (Phi) is 14.3. The van der Waals surface area contributed by atoms with E-state index in [4.69, 9.17) is 43.5 Å². The number of ether oxygens (including phenoxy) is 1. The fourth-order valence-electron chi connectivity index (χ4n) is 6.02. The molecule has 14 nitrogen and oxygen atoms in total. The van der Waals surface area contributed by atoms with Crippen molar-refractivity contribution in [2.75, 3.05) is 37.7 Å². The first-order valence-corrected chi connectivity index (χ1v) is 19.8. The number of carboxylic acids is 1. The maximum absolute atomic E-state index is 13.2. The molecule has 2 aromatic carbocycles. The van der Waals surface area contributed by atoms with Crippen LogP contribution in [0, 0.1) is 22.7 Å². The van der Waals surface area contributed by atoms with Gasteiger partial charge in [-0.3, -0.25) is 9.79 Å². The fourth-order valence-corrected chi connectivity index (χ4v) is 7.95. The van der Waals surface area contributed by atoms with Gasteiger partial charge in [-0.15, -0.1) is 11.3 Å². The minimum atomic E-state index is -1.18. The first-order valence-electron chi connectivity index (χ1n) is 17.5. The predicted molar refractivity (Wildman–Crippen MR) is 215 cm³/mol. The van der Waals surface area contributed by atoms with Gasteiger partial charge >= 0.3 is 5.97 Å². The van der Waals surface area contributed by atoms with Crippen LogP contribution in [0.1, 0.15) is 49.4 Å². The van der Waals surface area contributed by atoms with Gasteiger partial charge < -0.3 is 36.8 Å². The van der Waals surface area contributed by atoms with Crippen molar-refractivity contribution in [2.45, 2.75) is 55.5 Å². The Balaban J connectivity index is 1.34.